The maximum atomic E-state index is 4.89. The lowest BCUT2D eigenvalue weighted by atomic mass is 10.1. The Labute approximate surface area is 118 Å². The maximum absolute atomic E-state index is 4.89. The van der Waals surface area contributed by atoms with Crippen LogP contribution in [0.4, 0.5) is 0 Å². The number of hydrogen-bond acceptors (Lipinski definition) is 3. The van der Waals surface area contributed by atoms with E-state index in [2.05, 4.69) is 49.5 Å². The predicted molar refractivity (Wildman–Crippen MR) is 81.5 cm³/mol. The highest BCUT2D eigenvalue weighted by Gasteiger charge is 2.37. The van der Waals surface area contributed by atoms with Gasteiger partial charge < -0.3 is 5.32 Å². The van der Waals surface area contributed by atoms with Gasteiger partial charge in [0.25, 0.3) is 0 Å². The van der Waals surface area contributed by atoms with Crippen LogP contribution in [-0.4, -0.2) is 11.5 Å². The summed E-state index contributed by atoms with van der Waals surface area (Å²) in [6.45, 7) is 6.32. The minimum atomic E-state index is 0.711. The highest BCUT2D eigenvalue weighted by molar-refractivity contribution is 7.15. The van der Waals surface area contributed by atoms with Crippen molar-refractivity contribution in [3.05, 3.63) is 41.0 Å². The van der Waals surface area contributed by atoms with Gasteiger partial charge in [-0.2, -0.15) is 0 Å². The van der Waals surface area contributed by atoms with Crippen LogP contribution in [0.25, 0.3) is 10.4 Å². The van der Waals surface area contributed by atoms with Crippen LogP contribution in [0.3, 0.4) is 0 Å². The molecule has 3 rings (SSSR count). The summed E-state index contributed by atoms with van der Waals surface area (Å²) in [5, 5.41) is 4.74. The number of thiazole rings is 1. The van der Waals surface area contributed by atoms with Gasteiger partial charge in [0, 0.05) is 12.5 Å². The molecule has 1 heterocycles. The molecule has 0 aliphatic heterocycles. The molecule has 0 bridgehead atoms. The van der Waals surface area contributed by atoms with Crippen molar-refractivity contribution in [3.8, 4) is 10.4 Å². The van der Waals surface area contributed by atoms with E-state index in [1.165, 1.54) is 27.6 Å². The summed E-state index contributed by atoms with van der Waals surface area (Å²) in [5.74, 6) is 1.53. The molecule has 0 saturated heterocycles. The van der Waals surface area contributed by atoms with Gasteiger partial charge in [0.1, 0.15) is 0 Å². The fourth-order valence-corrected chi connectivity index (χ4v) is 3.71. The molecular formula is C16H20N2S. The summed E-state index contributed by atoms with van der Waals surface area (Å²) in [6.07, 6.45) is 1.31. The molecule has 1 saturated carbocycles. The lowest BCUT2D eigenvalue weighted by molar-refractivity contribution is 0.712. The van der Waals surface area contributed by atoms with Gasteiger partial charge in [-0.1, -0.05) is 44.2 Å². The molecule has 2 nitrogen and oxygen atoms in total. The lowest BCUT2D eigenvalue weighted by Crippen LogP contribution is -2.12. The summed E-state index contributed by atoms with van der Waals surface area (Å²) in [6, 6.07) is 10.6. The van der Waals surface area contributed by atoms with E-state index >= 15 is 0 Å². The smallest absolute Gasteiger partial charge is 0.0969 e. The average Bonchev–Trinajstić information content (AvgIpc) is 3.03. The highest BCUT2D eigenvalue weighted by Crippen LogP contribution is 2.49. The Morgan fingerprint density at radius 1 is 1.32 bits per heavy atom. The van der Waals surface area contributed by atoms with Crippen molar-refractivity contribution in [1.29, 1.82) is 0 Å². The molecule has 1 fully saturated rings. The van der Waals surface area contributed by atoms with Crippen molar-refractivity contribution < 1.29 is 0 Å². The summed E-state index contributed by atoms with van der Waals surface area (Å²) >= 11 is 1.89. The van der Waals surface area contributed by atoms with Crippen molar-refractivity contribution in [2.45, 2.75) is 32.7 Å². The Morgan fingerprint density at radius 3 is 2.68 bits per heavy atom. The van der Waals surface area contributed by atoms with Crippen molar-refractivity contribution in [1.82, 2.24) is 10.3 Å². The third-order valence-corrected chi connectivity index (χ3v) is 5.00. The molecule has 1 aromatic carbocycles. The van der Waals surface area contributed by atoms with Crippen LogP contribution in [0.2, 0.25) is 0 Å². The van der Waals surface area contributed by atoms with Crippen LogP contribution in [0.5, 0.6) is 0 Å². The third-order valence-electron chi connectivity index (χ3n) is 3.72. The zero-order valence-corrected chi connectivity index (χ0v) is 12.3. The molecule has 1 aromatic heterocycles. The minimum absolute atomic E-state index is 0.711. The van der Waals surface area contributed by atoms with Crippen molar-refractivity contribution >= 4 is 11.3 Å². The Kier molecular flexibility index (Phi) is 3.67. The summed E-state index contributed by atoms with van der Waals surface area (Å²) in [7, 11) is 0. The van der Waals surface area contributed by atoms with Crippen LogP contribution in [0.15, 0.2) is 30.3 Å². The zero-order valence-electron chi connectivity index (χ0n) is 11.5. The molecule has 2 aromatic rings. The Morgan fingerprint density at radius 2 is 2.05 bits per heavy atom. The first kappa shape index (κ1) is 12.8. The van der Waals surface area contributed by atoms with E-state index in [-0.39, 0.29) is 0 Å². The van der Waals surface area contributed by atoms with Gasteiger partial charge in [-0.3, -0.25) is 0 Å². The molecule has 19 heavy (non-hydrogen) atoms. The number of nitrogens with one attached hydrogen (secondary N) is 1. The van der Waals surface area contributed by atoms with E-state index in [1.807, 2.05) is 11.3 Å². The van der Waals surface area contributed by atoms with Crippen LogP contribution >= 0.6 is 11.3 Å². The standard InChI is InChI=1S/C16H20N2S/c1-3-17-10-14-15(12-7-5-4-6-8-12)19-16(18-14)13-9-11(13)2/h4-8,11,13,17H,3,9-10H2,1-2H3. The number of benzene rings is 1. The topological polar surface area (TPSA) is 24.9 Å². The van der Waals surface area contributed by atoms with Gasteiger partial charge in [0.05, 0.1) is 15.6 Å². The molecule has 2 atom stereocenters. The van der Waals surface area contributed by atoms with E-state index in [0.29, 0.717) is 5.92 Å². The van der Waals surface area contributed by atoms with Crippen molar-refractivity contribution in [3.63, 3.8) is 0 Å². The second kappa shape index (κ2) is 5.43. The fraction of sp³-hybridized carbons (Fsp3) is 0.438. The molecule has 0 amide bonds. The molecule has 1 aliphatic rings. The number of aromatic nitrogens is 1. The fourth-order valence-electron chi connectivity index (χ4n) is 2.37. The molecule has 3 heteroatoms. The van der Waals surface area contributed by atoms with E-state index in [1.54, 1.807) is 0 Å². The molecule has 0 spiro atoms. The van der Waals surface area contributed by atoms with Crippen molar-refractivity contribution in [2.75, 3.05) is 6.54 Å². The summed E-state index contributed by atoms with van der Waals surface area (Å²) < 4.78 is 0. The van der Waals surface area contributed by atoms with Gasteiger partial charge in [-0.25, -0.2) is 4.98 Å². The summed E-state index contributed by atoms with van der Waals surface area (Å²) in [4.78, 5) is 6.24. The zero-order chi connectivity index (χ0) is 13.2. The Balaban J connectivity index is 1.94. The van der Waals surface area contributed by atoms with Crippen LogP contribution in [0, 0.1) is 5.92 Å². The summed E-state index contributed by atoms with van der Waals surface area (Å²) in [5.41, 5.74) is 2.51. The van der Waals surface area contributed by atoms with Crippen LogP contribution in [-0.2, 0) is 6.54 Å². The minimum Gasteiger partial charge on any atom is -0.311 e. The van der Waals surface area contributed by atoms with Crippen LogP contribution < -0.4 is 5.32 Å². The molecule has 0 radical (unpaired) electrons. The van der Waals surface area contributed by atoms with Gasteiger partial charge in [-0.05, 0) is 24.4 Å². The molecular weight excluding hydrogens is 252 g/mol. The van der Waals surface area contributed by atoms with Crippen molar-refractivity contribution in [2.24, 2.45) is 5.92 Å². The maximum Gasteiger partial charge on any atom is 0.0969 e. The SMILES string of the molecule is CCNCc1nc(C2CC2C)sc1-c1ccccc1. The van der Waals surface area contributed by atoms with E-state index in [0.717, 1.165) is 19.0 Å². The normalized spacial score (nSPS) is 21.6. The quantitative estimate of drug-likeness (QED) is 0.888. The van der Waals surface area contributed by atoms with Gasteiger partial charge >= 0.3 is 0 Å². The van der Waals surface area contributed by atoms with E-state index in [4.69, 9.17) is 4.98 Å². The van der Waals surface area contributed by atoms with Gasteiger partial charge in [-0.15, -0.1) is 11.3 Å². The number of rotatable bonds is 5. The molecule has 2 unspecified atom stereocenters. The molecule has 100 valence electrons. The Bertz CT molecular complexity index is 547. The largest absolute Gasteiger partial charge is 0.311 e. The second-order valence-electron chi connectivity index (χ2n) is 5.29. The number of nitrogens with zero attached hydrogens (tertiary/aromatic N) is 1. The number of hydrogen-bond donors (Lipinski definition) is 1. The third kappa shape index (κ3) is 2.72. The van der Waals surface area contributed by atoms with Gasteiger partial charge in [0.15, 0.2) is 0 Å². The first-order chi connectivity index (χ1) is 9.29. The highest BCUT2D eigenvalue weighted by atomic mass is 32.1. The first-order valence-corrected chi connectivity index (χ1v) is 7.87. The van der Waals surface area contributed by atoms with E-state index in [9.17, 15) is 0 Å². The van der Waals surface area contributed by atoms with E-state index < -0.39 is 0 Å². The monoisotopic (exact) mass is 272 g/mol. The first-order valence-electron chi connectivity index (χ1n) is 7.05. The predicted octanol–water partition coefficient (Wildman–Crippen LogP) is 4.04. The van der Waals surface area contributed by atoms with Gasteiger partial charge in [0.2, 0.25) is 0 Å². The molecule has 1 aliphatic carbocycles. The Hall–Kier alpha value is -1.19. The van der Waals surface area contributed by atoms with Crippen LogP contribution in [0.1, 0.15) is 36.9 Å². The average molecular weight is 272 g/mol. The lowest BCUT2D eigenvalue weighted by Gasteiger charge is -2.02. The molecule has 1 N–H and O–H groups in total. The second-order valence-corrected chi connectivity index (χ2v) is 6.32.